The van der Waals surface area contributed by atoms with Gasteiger partial charge >= 0.3 is 0 Å². The molecule has 5 aromatic rings. The Morgan fingerprint density at radius 1 is 0.889 bits per heavy atom. The molecule has 0 bridgehead atoms. The maximum atomic E-state index is 13.4. The van der Waals surface area contributed by atoms with Gasteiger partial charge in [0.15, 0.2) is 5.82 Å². The number of hydrogen-bond donors (Lipinski definition) is 3. The van der Waals surface area contributed by atoms with Gasteiger partial charge in [0, 0.05) is 66.8 Å². The van der Waals surface area contributed by atoms with E-state index in [0.29, 0.717) is 63.1 Å². The first-order valence-electron chi connectivity index (χ1n) is 21.3. The number of aromatic nitrogens is 2. The third-order valence-electron chi connectivity index (χ3n) is 12.5. The first kappa shape index (κ1) is 42.4. The fraction of sp³-hybridized carbons (Fsp3) is 0.340. The monoisotopic (exact) mass is 888 g/mol. The van der Waals surface area contributed by atoms with Crippen molar-refractivity contribution in [3.8, 4) is 17.2 Å². The van der Waals surface area contributed by atoms with Gasteiger partial charge in [-0.05, 0) is 98.2 Å². The third kappa shape index (κ3) is 8.59. The van der Waals surface area contributed by atoms with Crippen LogP contribution in [0.3, 0.4) is 0 Å². The quantitative estimate of drug-likeness (QED) is 0.0821. The lowest BCUT2D eigenvalue weighted by Gasteiger charge is -2.38. The molecule has 4 aliphatic rings. The van der Waals surface area contributed by atoms with Gasteiger partial charge in [-0.3, -0.25) is 24.6 Å². The van der Waals surface area contributed by atoms with Crippen LogP contribution in [0.1, 0.15) is 65.2 Å². The summed E-state index contributed by atoms with van der Waals surface area (Å²) in [5, 5.41) is 10.0. The predicted octanol–water partition coefficient (Wildman–Crippen LogP) is 7.97. The Morgan fingerprint density at radius 2 is 1.68 bits per heavy atom. The number of rotatable bonds is 12. The minimum Gasteiger partial charge on any atom is -0.494 e. The smallest absolute Gasteiger partial charge is 0.255 e. The number of nitrogens with zero attached hydrogens (tertiary/aromatic N) is 5. The molecule has 14 nitrogen and oxygen atoms in total. The van der Waals surface area contributed by atoms with Crippen LogP contribution >= 0.6 is 18.7 Å². The van der Waals surface area contributed by atoms with E-state index in [0.717, 1.165) is 62.4 Å². The Labute approximate surface area is 371 Å². The number of fused-ring (bicyclic) bond motifs is 2. The Morgan fingerprint density at radius 3 is 2.44 bits per heavy atom. The van der Waals surface area contributed by atoms with Crippen LogP contribution in [0.4, 0.5) is 28.8 Å². The highest BCUT2D eigenvalue weighted by molar-refractivity contribution is 7.70. The summed E-state index contributed by atoms with van der Waals surface area (Å²) >= 11 is 6.54. The largest absolute Gasteiger partial charge is 0.494 e. The fourth-order valence-corrected chi connectivity index (χ4v) is 10.5. The van der Waals surface area contributed by atoms with Crippen molar-refractivity contribution in [2.45, 2.75) is 70.7 Å². The molecule has 4 aliphatic heterocycles. The molecule has 1 unspecified atom stereocenters. The molecule has 0 radical (unpaired) electrons. The van der Waals surface area contributed by atoms with E-state index in [1.807, 2.05) is 36.4 Å². The molecule has 4 aromatic carbocycles. The Kier molecular flexibility index (Phi) is 11.6. The van der Waals surface area contributed by atoms with E-state index < -0.39 is 19.1 Å². The van der Waals surface area contributed by atoms with E-state index in [1.165, 1.54) is 22.9 Å². The molecule has 0 saturated carbocycles. The van der Waals surface area contributed by atoms with Gasteiger partial charge < -0.3 is 34.5 Å². The van der Waals surface area contributed by atoms with Gasteiger partial charge in [-0.1, -0.05) is 42.8 Å². The molecule has 63 heavy (non-hydrogen) atoms. The number of imide groups is 1. The average Bonchev–Trinajstić information content (AvgIpc) is 3.85. The Balaban J connectivity index is 0.838. The number of piperidine rings is 2. The number of amides is 3. The van der Waals surface area contributed by atoms with Gasteiger partial charge in [0.2, 0.25) is 17.8 Å². The SMILES string of the molecule is CCc1cc(Nc2ncc(Cl)c(Nc3ccccc3P(C)(C)=O)n2)c(OC)cc1N1CCC(N2Cc3ccc(Oc4cccc5c4CN(C4CCC(=O)NC4=O)C5=O)cc3C2)CC1. The summed E-state index contributed by atoms with van der Waals surface area (Å²) in [4.78, 5) is 53.4. The Hall–Kier alpha value is -5.95. The molecule has 2 fully saturated rings. The van der Waals surface area contributed by atoms with Crippen molar-refractivity contribution in [2.75, 3.05) is 49.1 Å². The number of benzene rings is 4. The molecule has 2 saturated heterocycles. The maximum absolute atomic E-state index is 13.4. The van der Waals surface area contributed by atoms with Crippen LogP contribution in [0, 0.1) is 0 Å². The van der Waals surface area contributed by atoms with Crippen molar-refractivity contribution in [3.63, 3.8) is 0 Å². The van der Waals surface area contributed by atoms with Gasteiger partial charge in [-0.25, -0.2) is 4.98 Å². The first-order valence-corrected chi connectivity index (χ1v) is 24.3. The molecule has 1 aromatic heterocycles. The lowest BCUT2D eigenvalue weighted by atomic mass is 10.00. The fourth-order valence-electron chi connectivity index (χ4n) is 9.24. The van der Waals surface area contributed by atoms with Crippen molar-refractivity contribution in [3.05, 3.63) is 112 Å². The van der Waals surface area contributed by atoms with Crippen LogP contribution in [0.2, 0.25) is 5.02 Å². The molecule has 1 atom stereocenters. The topological polar surface area (TPSA) is 158 Å². The minimum absolute atomic E-state index is 0.207. The van der Waals surface area contributed by atoms with Crippen molar-refractivity contribution in [1.29, 1.82) is 0 Å². The summed E-state index contributed by atoms with van der Waals surface area (Å²) in [6, 6.07) is 23.1. The second-order valence-electron chi connectivity index (χ2n) is 16.9. The zero-order valence-electron chi connectivity index (χ0n) is 35.7. The standard InChI is InChI=1S/C47H50ClN8O6P/c1-5-28-22-37(51-47-49-24-35(48)44(53-47)50-36-10-6-7-12-42(36)63(3,4)60)41(61-2)23-39(28)54-19-17-31(18-20-54)55-25-29-13-14-32(21-30(29)26-55)62-40-11-8-9-33-34(40)27-56(46(33)59)38-15-16-43(57)52-45(38)58/h6-14,21-24,31,38H,5,15-20,25-27H2,1-4H3,(H,52,57,58)(H2,49,50,51,53). The lowest BCUT2D eigenvalue weighted by molar-refractivity contribution is -0.136. The normalized spacial score (nSPS) is 18.0. The van der Waals surface area contributed by atoms with Gasteiger partial charge in [0.1, 0.15) is 35.5 Å². The van der Waals surface area contributed by atoms with Crippen molar-refractivity contribution >= 4 is 70.6 Å². The number of anilines is 5. The molecule has 326 valence electrons. The summed E-state index contributed by atoms with van der Waals surface area (Å²) in [7, 11) is -0.906. The summed E-state index contributed by atoms with van der Waals surface area (Å²) in [5.74, 6) is 1.74. The molecule has 3 N–H and O–H groups in total. The van der Waals surface area contributed by atoms with Crippen LogP contribution in [0.15, 0.2) is 79.0 Å². The van der Waals surface area contributed by atoms with E-state index in [9.17, 15) is 18.9 Å². The summed E-state index contributed by atoms with van der Waals surface area (Å²) < 4.78 is 25.4. The third-order valence-corrected chi connectivity index (χ3v) is 14.3. The Bertz CT molecular complexity index is 2680. The number of carbonyl (C=O) groups excluding carboxylic acids is 3. The number of aryl methyl sites for hydroxylation is 1. The molecular weight excluding hydrogens is 839 g/mol. The first-order chi connectivity index (χ1) is 30.4. The highest BCUT2D eigenvalue weighted by atomic mass is 35.5. The average molecular weight is 889 g/mol. The molecule has 5 heterocycles. The van der Waals surface area contributed by atoms with Gasteiger partial charge in [-0.2, -0.15) is 4.98 Å². The van der Waals surface area contributed by atoms with Crippen molar-refractivity contribution in [2.24, 2.45) is 0 Å². The highest BCUT2D eigenvalue weighted by Gasteiger charge is 2.40. The molecule has 16 heteroatoms. The number of carbonyl (C=O) groups is 3. The van der Waals surface area contributed by atoms with Crippen LogP contribution in [-0.2, 0) is 40.2 Å². The van der Waals surface area contributed by atoms with E-state index in [1.54, 1.807) is 37.5 Å². The van der Waals surface area contributed by atoms with Crippen LogP contribution < -0.4 is 35.6 Å². The van der Waals surface area contributed by atoms with Gasteiger partial charge in [0.05, 0.1) is 31.2 Å². The number of ether oxygens (including phenoxy) is 2. The van der Waals surface area contributed by atoms with Gasteiger partial charge in [0.25, 0.3) is 5.91 Å². The van der Waals surface area contributed by atoms with E-state index in [-0.39, 0.29) is 24.8 Å². The van der Waals surface area contributed by atoms with Crippen molar-refractivity contribution < 1.29 is 28.4 Å². The number of para-hydroxylation sites is 1. The maximum Gasteiger partial charge on any atom is 0.255 e. The van der Waals surface area contributed by atoms with Crippen LogP contribution in [-0.4, -0.2) is 83.1 Å². The predicted molar refractivity (Wildman–Crippen MR) is 245 cm³/mol. The molecule has 3 amide bonds. The molecular formula is C47H50ClN8O6P. The van der Waals surface area contributed by atoms with E-state index >= 15 is 0 Å². The number of methoxy groups -OCH3 is 1. The highest BCUT2D eigenvalue weighted by Crippen LogP contribution is 2.41. The molecule has 9 rings (SSSR count). The van der Waals surface area contributed by atoms with Crippen LogP contribution in [0.5, 0.6) is 17.2 Å². The lowest BCUT2D eigenvalue weighted by Crippen LogP contribution is -2.52. The van der Waals surface area contributed by atoms with Gasteiger partial charge in [-0.15, -0.1) is 0 Å². The van der Waals surface area contributed by atoms with Crippen molar-refractivity contribution in [1.82, 2.24) is 25.1 Å². The number of nitrogens with one attached hydrogen (secondary N) is 3. The summed E-state index contributed by atoms with van der Waals surface area (Å²) in [6.45, 7) is 9.38. The zero-order valence-corrected chi connectivity index (χ0v) is 37.4. The van der Waals surface area contributed by atoms with Crippen LogP contribution in [0.25, 0.3) is 0 Å². The second kappa shape index (κ2) is 17.3. The van der Waals surface area contributed by atoms with E-state index in [2.05, 4.69) is 66.9 Å². The zero-order chi connectivity index (χ0) is 44.0. The van der Waals surface area contributed by atoms with E-state index in [4.69, 9.17) is 21.1 Å². The summed E-state index contributed by atoms with van der Waals surface area (Å²) in [5.41, 5.74) is 7.54. The second-order valence-corrected chi connectivity index (χ2v) is 20.5. The number of halogens is 1. The summed E-state index contributed by atoms with van der Waals surface area (Å²) in [6.07, 6.45) is 4.90. The number of hydrogen-bond acceptors (Lipinski definition) is 12. The molecule has 0 spiro atoms. The molecule has 0 aliphatic carbocycles. The minimum atomic E-state index is -2.57.